The van der Waals surface area contributed by atoms with Gasteiger partial charge in [0.1, 0.15) is 0 Å². The summed E-state index contributed by atoms with van der Waals surface area (Å²) in [5.74, 6) is 0.340. The summed E-state index contributed by atoms with van der Waals surface area (Å²) in [4.78, 5) is 14.7. The van der Waals surface area contributed by atoms with Gasteiger partial charge in [0, 0.05) is 12.6 Å². The van der Waals surface area contributed by atoms with Crippen LogP contribution >= 0.6 is 0 Å². The second-order valence-electron chi connectivity index (χ2n) is 5.28. The Kier molecular flexibility index (Phi) is 8.64. The van der Waals surface area contributed by atoms with Gasteiger partial charge in [-0.15, -0.1) is 0 Å². The van der Waals surface area contributed by atoms with E-state index in [9.17, 15) is 10.1 Å². The lowest BCUT2D eigenvalue weighted by Gasteiger charge is -2.06. The molecule has 22 heavy (non-hydrogen) atoms. The number of para-hydroxylation sites is 1. The van der Waals surface area contributed by atoms with Crippen LogP contribution in [0, 0.1) is 10.1 Å². The third-order valence-electron chi connectivity index (χ3n) is 3.44. The number of unbranched alkanes of at least 4 members (excludes halogenated alkanes) is 5. The Bertz CT molecular complexity index is 489. The number of nitrogens with zero attached hydrogens (tertiary/aromatic N) is 2. The molecule has 0 saturated carbocycles. The van der Waals surface area contributed by atoms with E-state index < -0.39 is 4.92 Å². The number of nitro groups is 1. The minimum Gasteiger partial charge on any atom is -0.370 e. The van der Waals surface area contributed by atoms with E-state index >= 15 is 0 Å². The van der Waals surface area contributed by atoms with Crippen molar-refractivity contribution in [1.29, 1.82) is 0 Å². The predicted octanol–water partition coefficient (Wildman–Crippen LogP) is 3.36. The van der Waals surface area contributed by atoms with E-state index in [1.807, 2.05) is 0 Å². The summed E-state index contributed by atoms with van der Waals surface area (Å²) in [6.45, 7) is 3.21. The largest absolute Gasteiger partial charge is 0.370 e. The second kappa shape index (κ2) is 10.6. The Morgan fingerprint density at radius 2 is 1.91 bits per heavy atom. The van der Waals surface area contributed by atoms with Gasteiger partial charge in [-0.3, -0.25) is 10.1 Å². The number of guanidine groups is 1. The van der Waals surface area contributed by atoms with Crippen LogP contribution in [0.2, 0.25) is 0 Å². The molecular weight excluding hydrogens is 280 g/mol. The molecule has 1 aromatic rings. The van der Waals surface area contributed by atoms with Crippen LogP contribution in [0.5, 0.6) is 0 Å². The van der Waals surface area contributed by atoms with E-state index in [0.717, 1.165) is 13.0 Å². The number of hydrogen-bond donors (Lipinski definition) is 2. The molecule has 6 nitrogen and oxygen atoms in total. The highest BCUT2D eigenvalue weighted by molar-refractivity contribution is 5.77. The van der Waals surface area contributed by atoms with E-state index in [1.54, 1.807) is 18.2 Å². The van der Waals surface area contributed by atoms with Crippen molar-refractivity contribution in [3.63, 3.8) is 0 Å². The number of aliphatic imine (C=N–C) groups is 1. The molecule has 0 atom stereocenters. The van der Waals surface area contributed by atoms with Gasteiger partial charge in [0.25, 0.3) is 5.69 Å². The van der Waals surface area contributed by atoms with Gasteiger partial charge in [0.15, 0.2) is 5.96 Å². The molecule has 0 aliphatic carbocycles. The molecule has 0 radical (unpaired) electrons. The van der Waals surface area contributed by atoms with Crippen molar-refractivity contribution >= 4 is 11.6 Å². The van der Waals surface area contributed by atoms with Crippen LogP contribution in [0.15, 0.2) is 29.3 Å². The zero-order valence-corrected chi connectivity index (χ0v) is 13.3. The number of hydrogen-bond acceptors (Lipinski definition) is 3. The third kappa shape index (κ3) is 7.06. The second-order valence-corrected chi connectivity index (χ2v) is 5.28. The first-order valence-corrected chi connectivity index (χ1v) is 7.91. The molecule has 0 bridgehead atoms. The number of benzene rings is 1. The van der Waals surface area contributed by atoms with Crippen LogP contribution in [0.3, 0.4) is 0 Å². The maximum absolute atomic E-state index is 10.9. The molecule has 1 aromatic carbocycles. The smallest absolute Gasteiger partial charge is 0.274 e. The van der Waals surface area contributed by atoms with Crippen molar-refractivity contribution in [1.82, 2.24) is 5.32 Å². The van der Waals surface area contributed by atoms with E-state index in [-0.39, 0.29) is 12.2 Å². The number of rotatable bonds is 10. The quantitative estimate of drug-likeness (QED) is 0.228. The monoisotopic (exact) mass is 306 g/mol. The van der Waals surface area contributed by atoms with Crippen molar-refractivity contribution in [2.75, 3.05) is 6.54 Å². The van der Waals surface area contributed by atoms with Crippen LogP contribution in [-0.2, 0) is 6.54 Å². The molecule has 6 heteroatoms. The summed E-state index contributed by atoms with van der Waals surface area (Å²) in [6, 6.07) is 6.58. The molecule has 1 rings (SSSR count). The fourth-order valence-corrected chi connectivity index (χ4v) is 2.17. The zero-order chi connectivity index (χ0) is 16.2. The summed E-state index contributed by atoms with van der Waals surface area (Å²) in [6.07, 6.45) is 7.34. The fourth-order valence-electron chi connectivity index (χ4n) is 2.17. The summed E-state index contributed by atoms with van der Waals surface area (Å²) in [5.41, 5.74) is 6.42. The van der Waals surface area contributed by atoms with Gasteiger partial charge >= 0.3 is 0 Å². The van der Waals surface area contributed by atoms with E-state index in [4.69, 9.17) is 5.73 Å². The minimum absolute atomic E-state index is 0.0787. The predicted molar refractivity (Wildman–Crippen MR) is 89.8 cm³/mol. The van der Waals surface area contributed by atoms with Gasteiger partial charge in [-0.1, -0.05) is 57.2 Å². The molecule has 0 aliphatic heterocycles. The summed E-state index contributed by atoms with van der Waals surface area (Å²) >= 11 is 0. The van der Waals surface area contributed by atoms with Crippen molar-refractivity contribution < 1.29 is 4.92 Å². The van der Waals surface area contributed by atoms with Crippen LogP contribution in [0.1, 0.15) is 51.0 Å². The topological polar surface area (TPSA) is 93.5 Å². The van der Waals surface area contributed by atoms with Crippen LogP contribution in [0.25, 0.3) is 0 Å². The first-order valence-electron chi connectivity index (χ1n) is 7.91. The average Bonchev–Trinajstić information content (AvgIpc) is 2.52. The van der Waals surface area contributed by atoms with E-state index in [1.165, 1.54) is 38.2 Å². The van der Waals surface area contributed by atoms with Gasteiger partial charge in [-0.2, -0.15) is 0 Å². The number of nitrogens with two attached hydrogens (primary N) is 1. The van der Waals surface area contributed by atoms with Crippen molar-refractivity contribution in [2.45, 2.75) is 52.0 Å². The molecule has 0 spiro atoms. The molecule has 0 heterocycles. The number of nitrogens with one attached hydrogen (secondary N) is 1. The van der Waals surface area contributed by atoms with Crippen LogP contribution < -0.4 is 11.1 Å². The van der Waals surface area contributed by atoms with E-state index in [0.29, 0.717) is 11.5 Å². The van der Waals surface area contributed by atoms with Gasteiger partial charge in [0.05, 0.1) is 17.0 Å². The van der Waals surface area contributed by atoms with E-state index in [2.05, 4.69) is 17.2 Å². The molecule has 0 amide bonds. The molecule has 0 unspecified atom stereocenters. The SMILES string of the molecule is CCCCCCCCNC(N)=NCc1ccccc1[N+](=O)[O-]. The Morgan fingerprint density at radius 1 is 1.23 bits per heavy atom. The van der Waals surface area contributed by atoms with Crippen molar-refractivity contribution in [2.24, 2.45) is 10.7 Å². The lowest BCUT2D eigenvalue weighted by molar-refractivity contribution is -0.385. The van der Waals surface area contributed by atoms with Gasteiger partial charge < -0.3 is 11.1 Å². The maximum atomic E-state index is 10.9. The first kappa shape index (κ1) is 17.9. The Morgan fingerprint density at radius 3 is 2.64 bits per heavy atom. The zero-order valence-electron chi connectivity index (χ0n) is 13.3. The highest BCUT2D eigenvalue weighted by Crippen LogP contribution is 2.18. The lowest BCUT2D eigenvalue weighted by atomic mass is 10.1. The fraction of sp³-hybridized carbons (Fsp3) is 0.562. The molecule has 0 aromatic heterocycles. The highest BCUT2D eigenvalue weighted by atomic mass is 16.6. The Labute approximate surface area is 132 Å². The Balaban J connectivity index is 2.30. The Hall–Kier alpha value is -2.11. The average molecular weight is 306 g/mol. The highest BCUT2D eigenvalue weighted by Gasteiger charge is 2.11. The first-order chi connectivity index (χ1) is 10.6. The molecule has 0 aliphatic rings. The van der Waals surface area contributed by atoms with Gasteiger partial charge in [0.2, 0.25) is 0 Å². The van der Waals surface area contributed by atoms with Crippen molar-refractivity contribution in [3.05, 3.63) is 39.9 Å². The molecule has 122 valence electrons. The number of nitro benzene ring substituents is 1. The maximum Gasteiger partial charge on any atom is 0.274 e. The molecule has 0 fully saturated rings. The van der Waals surface area contributed by atoms with Crippen LogP contribution in [-0.4, -0.2) is 17.4 Å². The molecular formula is C16H26N4O2. The molecule has 3 N–H and O–H groups in total. The summed E-state index contributed by atoms with van der Waals surface area (Å²) in [5, 5.41) is 13.9. The minimum atomic E-state index is -0.398. The summed E-state index contributed by atoms with van der Waals surface area (Å²) in [7, 11) is 0. The van der Waals surface area contributed by atoms with Gasteiger partial charge in [-0.25, -0.2) is 4.99 Å². The van der Waals surface area contributed by atoms with Crippen molar-refractivity contribution in [3.8, 4) is 0 Å². The van der Waals surface area contributed by atoms with Crippen LogP contribution in [0.4, 0.5) is 5.69 Å². The normalized spacial score (nSPS) is 11.4. The third-order valence-corrected chi connectivity index (χ3v) is 3.44. The summed E-state index contributed by atoms with van der Waals surface area (Å²) < 4.78 is 0. The standard InChI is InChI=1S/C16H26N4O2/c1-2-3-4-5-6-9-12-18-16(17)19-13-14-10-7-8-11-15(14)20(21)22/h7-8,10-11H,2-6,9,12-13H2,1H3,(H3,17,18,19). The van der Waals surface area contributed by atoms with Gasteiger partial charge in [-0.05, 0) is 6.42 Å². The lowest BCUT2D eigenvalue weighted by Crippen LogP contribution is -2.32. The molecule has 0 saturated heterocycles.